The highest BCUT2D eigenvalue weighted by molar-refractivity contribution is 7.56. The molecule has 144 valence electrons. The van der Waals surface area contributed by atoms with Gasteiger partial charge in [0.15, 0.2) is 0 Å². The Morgan fingerprint density at radius 1 is 0.929 bits per heavy atom. The second kappa shape index (κ2) is 7.63. The van der Waals surface area contributed by atoms with E-state index in [4.69, 9.17) is 4.52 Å². The van der Waals surface area contributed by atoms with Crippen molar-refractivity contribution >= 4 is 7.52 Å². The third-order valence-electron chi connectivity index (χ3n) is 5.42. The third kappa shape index (κ3) is 3.33. The van der Waals surface area contributed by atoms with E-state index in [-0.39, 0.29) is 6.04 Å². The van der Waals surface area contributed by atoms with Gasteiger partial charge in [-0.25, -0.2) is 9.06 Å². The fourth-order valence-corrected chi connectivity index (χ4v) is 6.02. The Morgan fingerprint density at radius 3 is 2.21 bits per heavy atom. The van der Waals surface area contributed by atoms with E-state index in [0.717, 1.165) is 16.7 Å². The molecule has 1 unspecified atom stereocenters. The smallest absolute Gasteiger partial charge is 0.305 e. The van der Waals surface area contributed by atoms with Crippen LogP contribution < -0.4 is 0 Å². The molecular weight excluding hydrogens is 372 g/mol. The molecule has 0 N–H and O–H groups in total. The Labute approximate surface area is 165 Å². The van der Waals surface area contributed by atoms with Crippen molar-refractivity contribution in [3.8, 4) is 11.1 Å². The molecule has 5 heteroatoms. The maximum absolute atomic E-state index is 15.6. The Balaban J connectivity index is 1.66. The second-order valence-electron chi connectivity index (χ2n) is 7.14. The molecule has 0 aliphatic carbocycles. The van der Waals surface area contributed by atoms with Crippen LogP contribution in [-0.2, 0) is 9.09 Å². The molecule has 1 heterocycles. The Kier molecular flexibility index (Phi) is 5.20. The first-order valence-corrected chi connectivity index (χ1v) is 11.0. The molecule has 3 aromatic rings. The van der Waals surface area contributed by atoms with Crippen molar-refractivity contribution in [1.82, 2.24) is 4.67 Å². The Bertz CT molecular complexity index is 996. The van der Waals surface area contributed by atoms with E-state index in [0.29, 0.717) is 5.56 Å². The summed E-state index contributed by atoms with van der Waals surface area (Å²) in [4.78, 5) is 0. The number of hydrogen-bond acceptors (Lipinski definition) is 2. The summed E-state index contributed by atoms with van der Waals surface area (Å²) in [5.74, 6) is -1.71. The number of halogens is 1. The van der Waals surface area contributed by atoms with Crippen molar-refractivity contribution in [1.29, 1.82) is 0 Å². The summed E-state index contributed by atoms with van der Waals surface area (Å²) in [5.41, 5.74) is 3.16. The second-order valence-corrected chi connectivity index (χ2v) is 9.57. The van der Waals surface area contributed by atoms with Gasteiger partial charge in [-0.05, 0) is 42.3 Å². The van der Waals surface area contributed by atoms with Crippen LogP contribution in [0.4, 0.5) is 4.39 Å². The van der Waals surface area contributed by atoms with Crippen LogP contribution in [0, 0.1) is 0 Å². The molecule has 3 nitrogen and oxygen atoms in total. The summed E-state index contributed by atoms with van der Waals surface area (Å²) in [7, 11) is -2.01. The van der Waals surface area contributed by atoms with E-state index in [1.54, 1.807) is 29.9 Å². The third-order valence-corrected chi connectivity index (χ3v) is 8.06. The average Bonchev–Trinajstić information content (AvgIpc) is 3.00. The molecule has 4 atom stereocenters. The molecule has 1 saturated heterocycles. The minimum Gasteiger partial charge on any atom is -0.305 e. The molecule has 0 bridgehead atoms. The van der Waals surface area contributed by atoms with Crippen LogP contribution in [0.3, 0.4) is 0 Å². The minimum absolute atomic E-state index is 0.191. The van der Waals surface area contributed by atoms with E-state index in [1.165, 1.54) is 0 Å². The molecule has 28 heavy (non-hydrogen) atoms. The number of nitrogens with zero attached hydrogens (tertiary/aromatic N) is 1. The zero-order valence-electron chi connectivity index (χ0n) is 15.9. The van der Waals surface area contributed by atoms with Crippen LogP contribution in [0.15, 0.2) is 84.9 Å². The van der Waals surface area contributed by atoms with Gasteiger partial charge in [0.25, 0.3) is 0 Å². The summed E-state index contributed by atoms with van der Waals surface area (Å²) in [6.45, 7) is 1.92. The van der Waals surface area contributed by atoms with E-state index < -0.39 is 19.5 Å². The van der Waals surface area contributed by atoms with Crippen LogP contribution in [0.1, 0.15) is 30.1 Å². The Morgan fingerprint density at radius 2 is 1.54 bits per heavy atom. The summed E-state index contributed by atoms with van der Waals surface area (Å²) in [5, 5.41) is 0. The van der Waals surface area contributed by atoms with Crippen molar-refractivity contribution in [2.45, 2.75) is 25.0 Å². The number of alkyl halides is 1. The normalized spacial score (nSPS) is 26.2. The first kappa shape index (κ1) is 19.1. The number of benzene rings is 3. The topological polar surface area (TPSA) is 29.5 Å². The minimum atomic E-state index is -3.70. The fourth-order valence-electron chi connectivity index (χ4n) is 3.66. The quantitative estimate of drug-likeness (QED) is 0.466. The van der Waals surface area contributed by atoms with Gasteiger partial charge in [-0.2, -0.15) is 0 Å². The van der Waals surface area contributed by atoms with Crippen LogP contribution >= 0.6 is 7.52 Å². The van der Waals surface area contributed by atoms with Crippen molar-refractivity contribution in [2.75, 3.05) is 7.05 Å². The largest absolute Gasteiger partial charge is 0.311 e. The standard InChI is InChI=1S/C23H23FNO2P/c1-17-22(19-12-7-4-8-13-19)27-28(26,25(17)2)23(24)21-15-9-14-20(16-21)18-10-5-3-6-11-18/h3-17,22-23H,1-2H3/t17-,22-,23-,28?/m0/s1. The van der Waals surface area contributed by atoms with Gasteiger partial charge in [0.05, 0.1) is 0 Å². The summed E-state index contributed by atoms with van der Waals surface area (Å²) in [6.07, 6.45) is -0.424. The lowest BCUT2D eigenvalue weighted by molar-refractivity contribution is 0.203. The molecular formula is C23H23FNO2P. The fraction of sp³-hybridized carbons (Fsp3) is 0.217. The summed E-state index contributed by atoms with van der Waals surface area (Å²) >= 11 is 0. The van der Waals surface area contributed by atoms with Crippen LogP contribution in [0.25, 0.3) is 11.1 Å². The number of likely N-dealkylation sites (N-methyl/N-ethyl adjacent to an activating group) is 1. The van der Waals surface area contributed by atoms with Gasteiger partial charge in [0.1, 0.15) is 6.10 Å². The molecule has 1 fully saturated rings. The average molecular weight is 395 g/mol. The van der Waals surface area contributed by atoms with Crippen LogP contribution in [0.2, 0.25) is 0 Å². The monoisotopic (exact) mass is 395 g/mol. The first-order valence-electron chi connectivity index (χ1n) is 9.36. The molecule has 0 aromatic heterocycles. The van der Waals surface area contributed by atoms with E-state index in [9.17, 15) is 4.57 Å². The molecule has 0 spiro atoms. The molecule has 0 saturated carbocycles. The first-order chi connectivity index (χ1) is 13.5. The maximum Gasteiger partial charge on any atom is 0.311 e. The molecule has 1 aliphatic heterocycles. The van der Waals surface area contributed by atoms with Gasteiger partial charge >= 0.3 is 7.52 Å². The number of hydrogen-bond donors (Lipinski definition) is 0. The zero-order valence-corrected chi connectivity index (χ0v) is 16.8. The van der Waals surface area contributed by atoms with Gasteiger partial charge < -0.3 is 4.52 Å². The lowest BCUT2D eigenvalue weighted by atomic mass is 10.0. The van der Waals surface area contributed by atoms with Crippen molar-refractivity contribution in [3.63, 3.8) is 0 Å². The van der Waals surface area contributed by atoms with Crippen LogP contribution in [-0.4, -0.2) is 17.8 Å². The highest BCUT2D eigenvalue weighted by Crippen LogP contribution is 2.70. The van der Waals surface area contributed by atoms with Gasteiger partial charge in [-0.15, -0.1) is 0 Å². The van der Waals surface area contributed by atoms with Gasteiger partial charge in [0.2, 0.25) is 5.91 Å². The van der Waals surface area contributed by atoms with Gasteiger partial charge in [-0.3, -0.25) is 4.57 Å². The van der Waals surface area contributed by atoms with Gasteiger partial charge in [0, 0.05) is 6.04 Å². The predicted octanol–water partition coefficient (Wildman–Crippen LogP) is 6.61. The predicted molar refractivity (Wildman–Crippen MR) is 111 cm³/mol. The molecule has 0 radical (unpaired) electrons. The number of rotatable bonds is 4. The van der Waals surface area contributed by atoms with Gasteiger partial charge in [-0.1, -0.05) is 78.9 Å². The van der Waals surface area contributed by atoms with E-state index in [2.05, 4.69) is 0 Å². The van der Waals surface area contributed by atoms with Crippen molar-refractivity contribution in [2.24, 2.45) is 0 Å². The van der Waals surface area contributed by atoms with Crippen molar-refractivity contribution < 1.29 is 13.5 Å². The highest BCUT2D eigenvalue weighted by Gasteiger charge is 2.52. The van der Waals surface area contributed by atoms with Crippen molar-refractivity contribution in [3.05, 3.63) is 96.1 Å². The zero-order chi connectivity index (χ0) is 19.7. The molecule has 0 amide bonds. The Hall–Kier alpha value is -2.26. The molecule has 4 rings (SSSR count). The highest BCUT2D eigenvalue weighted by atomic mass is 31.2. The lowest BCUT2D eigenvalue weighted by Crippen LogP contribution is -2.24. The van der Waals surface area contributed by atoms with E-state index >= 15 is 4.39 Å². The summed E-state index contributed by atoms with van der Waals surface area (Å²) < 4.78 is 36.7. The van der Waals surface area contributed by atoms with E-state index in [1.807, 2.05) is 73.7 Å². The van der Waals surface area contributed by atoms with Crippen LogP contribution in [0.5, 0.6) is 0 Å². The lowest BCUT2D eigenvalue weighted by Gasteiger charge is -2.24. The molecule has 1 aliphatic rings. The molecule has 3 aromatic carbocycles. The maximum atomic E-state index is 15.6. The SMILES string of the molecule is C[C@H]1[C@@H](c2ccccc2)OP(=O)([C@H](F)c2cccc(-c3ccccc3)c2)N1C. The summed E-state index contributed by atoms with van der Waals surface area (Å²) in [6, 6.07) is 26.3.